The van der Waals surface area contributed by atoms with Crippen molar-refractivity contribution in [1.82, 2.24) is 20.4 Å². The summed E-state index contributed by atoms with van der Waals surface area (Å²) >= 11 is 0. The number of imide groups is 1. The third-order valence-corrected chi connectivity index (χ3v) is 12.7. The van der Waals surface area contributed by atoms with Crippen LogP contribution >= 0.6 is 0 Å². The number of carbonyl (C=O) groups excluding carboxylic acids is 7. The SMILES string of the molecule is O=C(CCCCCCC(=O)Nc1cccc2c1CN(C1CCC(=O)NC1=O)C2=O)COCCOCCNC(=O)CN1Cc2ccccc2[C@@H]2OC(c3ccccc3)=N[C@]2(Cc2ccccc2)C1=O. The van der Waals surface area contributed by atoms with E-state index < -0.39 is 23.6 Å². The average Bonchev–Trinajstić information content (AvgIpc) is 3.87. The molecule has 68 heavy (non-hydrogen) atoms. The molecule has 4 aliphatic heterocycles. The average molecular weight is 925 g/mol. The minimum atomic E-state index is -1.34. The molecule has 6 amide bonds. The number of ketones is 1. The van der Waals surface area contributed by atoms with Crippen LogP contribution in [0.15, 0.2) is 108 Å². The number of carbonyl (C=O) groups is 7. The van der Waals surface area contributed by atoms with Crippen molar-refractivity contribution in [3.05, 3.63) is 137 Å². The number of anilines is 1. The number of amides is 6. The molecule has 4 aliphatic rings. The standard InChI is InChI=1S/C52H56N6O10/c59-38(19-9-1-2-10-23-44(60)54-42-22-13-21-40-41(42)32-58(50(40)64)43-24-25-45(61)55-48(43)63)34-67-29-28-66-27-26-53-46(62)33-57-31-37-18-11-12-20-39(37)47-52(51(57)65,30-35-14-5-3-6-15-35)56-49(68-47)36-16-7-4-8-17-36/h3-8,11-18,20-22,43,47H,1-2,9-10,19,23-34H2,(H,53,62)(H,54,60)(H,55,61,63)/t43?,47-,52-/m0/s1. The lowest BCUT2D eigenvalue weighted by molar-refractivity contribution is -0.143. The molecule has 4 aromatic rings. The minimum absolute atomic E-state index is 0.0254. The third-order valence-electron chi connectivity index (χ3n) is 12.7. The highest BCUT2D eigenvalue weighted by molar-refractivity contribution is 6.07. The maximum absolute atomic E-state index is 14.8. The monoisotopic (exact) mass is 924 g/mol. The quantitative estimate of drug-likeness (QED) is 0.0713. The number of Topliss-reactive ketones (excluding diaryl/α,β-unsaturated/α-hetero) is 1. The zero-order chi connectivity index (χ0) is 47.5. The van der Waals surface area contributed by atoms with Gasteiger partial charge in [-0.3, -0.25) is 38.9 Å². The van der Waals surface area contributed by atoms with Crippen LogP contribution in [0.25, 0.3) is 0 Å². The van der Waals surface area contributed by atoms with E-state index in [9.17, 15) is 33.6 Å². The Hall–Kier alpha value is -7.04. The Morgan fingerprint density at radius 3 is 2.31 bits per heavy atom. The molecule has 3 atom stereocenters. The zero-order valence-corrected chi connectivity index (χ0v) is 37.9. The molecule has 0 radical (unpaired) electrons. The largest absolute Gasteiger partial charge is 0.466 e. The number of unbranched alkanes of at least 4 members (excludes halogenated alkanes) is 3. The van der Waals surface area contributed by atoms with Gasteiger partial charge in [0.2, 0.25) is 29.5 Å². The number of nitrogens with one attached hydrogen (secondary N) is 3. The van der Waals surface area contributed by atoms with Gasteiger partial charge < -0.3 is 34.6 Å². The Morgan fingerprint density at radius 2 is 1.51 bits per heavy atom. The Balaban J connectivity index is 0.706. The van der Waals surface area contributed by atoms with Crippen LogP contribution in [0.5, 0.6) is 0 Å². The van der Waals surface area contributed by atoms with Gasteiger partial charge in [-0.05, 0) is 54.7 Å². The van der Waals surface area contributed by atoms with E-state index in [1.165, 1.54) is 4.90 Å². The molecule has 0 aliphatic carbocycles. The van der Waals surface area contributed by atoms with Crippen molar-refractivity contribution < 1.29 is 47.8 Å². The van der Waals surface area contributed by atoms with Crippen LogP contribution < -0.4 is 16.0 Å². The number of benzene rings is 4. The fraction of sp³-hybridized carbons (Fsp3) is 0.385. The van der Waals surface area contributed by atoms with E-state index in [2.05, 4.69) is 16.0 Å². The smallest absolute Gasteiger partial charge is 0.256 e. The van der Waals surface area contributed by atoms with Gasteiger partial charge in [-0.15, -0.1) is 0 Å². The minimum Gasteiger partial charge on any atom is -0.466 e. The molecule has 8 rings (SSSR count). The maximum atomic E-state index is 14.8. The fourth-order valence-corrected chi connectivity index (χ4v) is 9.24. The lowest BCUT2D eigenvalue weighted by Crippen LogP contribution is -2.52. The summed E-state index contributed by atoms with van der Waals surface area (Å²) in [4.78, 5) is 98.5. The van der Waals surface area contributed by atoms with Crippen molar-refractivity contribution in [2.24, 2.45) is 4.99 Å². The van der Waals surface area contributed by atoms with E-state index in [0.29, 0.717) is 42.0 Å². The van der Waals surface area contributed by atoms with Gasteiger partial charge in [0.25, 0.3) is 11.8 Å². The molecular weight excluding hydrogens is 869 g/mol. The Labute approximate surface area is 394 Å². The molecule has 4 aromatic carbocycles. The number of hydrogen-bond acceptors (Lipinski definition) is 11. The lowest BCUT2D eigenvalue weighted by Gasteiger charge is -2.32. The van der Waals surface area contributed by atoms with Gasteiger partial charge in [-0.2, -0.15) is 0 Å². The molecule has 1 unspecified atom stereocenters. The molecule has 3 N–H and O–H groups in total. The van der Waals surface area contributed by atoms with Crippen LogP contribution in [-0.2, 0) is 62.5 Å². The fourth-order valence-electron chi connectivity index (χ4n) is 9.24. The maximum Gasteiger partial charge on any atom is 0.256 e. The molecule has 0 spiro atoms. The summed E-state index contributed by atoms with van der Waals surface area (Å²) in [6.45, 7) is 1.06. The molecule has 16 heteroatoms. The van der Waals surface area contributed by atoms with E-state index >= 15 is 0 Å². The lowest BCUT2D eigenvalue weighted by atomic mass is 9.81. The van der Waals surface area contributed by atoms with E-state index in [4.69, 9.17) is 19.2 Å². The van der Waals surface area contributed by atoms with E-state index in [1.54, 1.807) is 23.1 Å². The van der Waals surface area contributed by atoms with Gasteiger partial charge in [0.15, 0.2) is 17.4 Å². The topological polar surface area (TPSA) is 202 Å². The predicted octanol–water partition coefficient (Wildman–Crippen LogP) is 4.99. The predicted molar refractivity (Wildman–Crippen MR) is 250 cm³/mol. The van der Waals surface area contributed by atoms with Crippen molar-refractivity contribution in [3.63, 3.8) is 0 Å². The molecule has 1 fully saturated rings. The summed E-state index contributed by atoms with van der Waals surface area (Å²) in [6, 6.07) is 31.4. The number of fused-ring (bicyclic) bond motifs is 4. The second kappa shape index (κ2) is 22.2. The van der Waals surface area contributed by atoms with Crippen LogP contribution in [-0.4, -0.2) is 108 Å². The van der Waals surface area contributed by atoms with Crippen molar-refractivity contribution in [2.75, 3.05) is 44.8 Å². The molecular formula is C52H56N6O10. The first kappa shape index (κ1) is 47.5. The number of ether oxygens (including phenoxy) is 3. The van der Waals surface area contributed by atoms with Gasteiger partial charge in [-0.1, -0.05) is 91.7 Å². The van der Waals surface area contributed by atoms with Crippen LogP contribution in [0, 0.1) is 0 Å². The van der Waals surface area contributed by atoms with Crippen LogP contribution in [0.4, 0.5) is 5.69 Å². The van der Waals surface area contributed by atoms with Crippen molar-refractivity contribution in [3.8, 4) is 0 Å². The Bertz CT molecular complexity index is 2550. The normalized spacial score (nSPS) is 19.6. The highest BCUT2D eigenvalue weighted by Crippen LogP contribution is 2.46. The van der Waals surface area contributed by atoms with Gasteiger partial charge in [0.1, 0.15) is 12.6 Å². The summed E-state index contributed by atoms with van der Waals surface area (Å²) < 4.78 is 17.8. The van der Waals surface area contributed by atoms with Crippen molar-refractivity contribution in [2.45, 2.75) is 88.6 Å². The first-order valence-corrected chi connectivity index (χ1v) is 23.3. The third kappa shape index (κ3) is 11.2. The molecule has 0 bridgehead atoms. The van der Waals surface area contributed by atoms with Crippen LogP contribution in [0.2, 0.25) is 0 Å². The summed E-state index contributed by atoms with van der Waals surface area (Å²) in [5, 5.41) is 8.07. The number of hydrogen-bond donors (Lipinski definition) is 3. The summed E-state index contributed by atoms with van der Waals surface area (Å²) in [7, 11) is 0. The van der Waals surface area contributed by atoms with Crippen molar-refractivity contribution >= 4 is 52.8 Å². The van der Waals surface area contributed by atoms with E-state index in [0.717, 1.165) is 35.1 Å². The molecule has 0 aromatic heterocycles. The highest BCUT2D eigenvalue weighted by Gasteiger charge is 2.57. The Kier molecular flexibility index (Phi) is 15.5. The van der Waals surface area contributed by atoms with Crippen LogP contribution in [0.1, 0.15) is 95.6 Å². The number of piperidine rings is 1. The van der Waals surface area contributed by atoms with Gasteiger partial charge >= 0.3 is 0 Å². The van der Waals surface area contributed by atoms with E-state index in [1.807, 2.05) is 84.9 Å². The number of rotatable bonds is 22. The van der Waals surface area contributed by atoms with Crippen LogP contribution in [0.3, 0.4) is 0 Å². The molecule has 16 nitrogen and oxygen atoms in total. The first-order chi connectivity index (χ1) is 33.1. The van der Waals surface area contributed by atoms with Gasteiger partial charge in [0, 0.05) is 73.3 Å². The van der Waals surface area contributed by atoms with Gasteiger partial charge in [-0.25, -0.2) is 4.99 Å². The number of nitrogens with zero attached hydrogens (tertiary/aromatic N) is 3. The van der Waals surface area contributed by atoms with E-state index in [-0.39, 0.29) is 114 Å². The second-order valence-electron chi connectivity index (χ2n) is 17.5. The molecule has 0 saturated carbocycles. The molecule has 4 heterocycles. The Morgan fingerprint density at radius 1 is 0.779 bits per heavy atom. The van der Waals surface area contributed by atoms with Gasteiger partial charge in [0.05, 0.1) is 26.4 Å². The molecule has 1 saturated heterocycles. The summed E-state index contributed by atoms with van der Waals surface area (Å²) in [5.74, 6) is -1.58. The summed E-state index contributed by atoms with van der Waals surface area (Å²) in [5.41, 5.74) is 3.72. The second-order valence-corrected chi connectivity index (χ2v) is 17.5. The highest BCUT2D eigenvalue weighted by atomic mass is 16.5. The molecule has 354 valence electrons. The zero-order valence-electron chi connectivity index (χ0n) is 37.9. The number of aliphatic imine (C=N–C) groups is 1. The van der Waals surface area contributed by atoms with Crippen molar-refractivity contribution in [1.29, 1.82) is 0 Å². The first-order valence-electron chi connectivity index (χ1n) is 23.3. The summed E-state index contributed by atoms with van der Waals surface area (Å²) in [6.07, 6.45) is 3.49.